The molecule has 52 heavy (non-hydrogen) atoms. The van der Waals surface area contributed by atoms with Crippen LogP contribution in [0.25, 0.3) is 10.9 Å². The van der Waals surface area contributed by atoms with Gasteiger partial charge in [-0.1, -0.05) is 109 Å². The highest BCUT2D eigenvalue weighted by Crippen LogP contribution is 2.37. The Labute approximate surface area is 300 Å². The molecule has 2 heterocycles. The van der Waals surface area contributed by atoms with Crippen LogP contribution in [-0.2, 0) is 26.3 Å². The number of amides is 3. The van der Waals surface area contributed by atoms with Gasteiger partial charge in [0.25, 0.3) is 5.91 Å². The molecule has 0 saturated carbocycles. The minimum atomic E-state index is -1.63. The van der Waals surface area contributed by atoms with Crippen LogP contribution in [0.2, 0.25) is 0 Å². The average molecular weight is 696 g/mol. The van der Waals surface area contributed by atoms with Crippen LogP contribution in [0, 0.1) is 0 Å². The highest BCUT2D eigenvalue weighted by Gasteiger charge is 2.39. The van der Waals surface area contributed by atoms with E-state index in [-0.39, 0.29) is 12.0 Å². The summed E-state index contributed by atoms with van der Waals surface area (Å²) in [6, 6.07) is 35.9. The molecule has 2 atom stereocenters. The Kier molecular flexibility index (Phi) is 10.7. The van der Waals surface area contributed by atoms with E-state index in [1.165, 1.54) is 25.4 Å². The summed E-state index contributed by atoms with van der Waals surface area (Å²) in [6.07, 6.45) is 2.50. The van der Waals surface area contributed by atoms with Crippen LogP contribution < -0.4 is 20.7 Å². The number of aromatic nitrogens is 2. The van der Waals surface area contributed by atoms with Gasteiger partial charge >= 0.3 is 5.97 Å². The Morgan fingerprint density at radius 1 is 0.750 bits per heavy atom. The molecule has 0 radical (unpaired) electrons. The number of benzene rings is 4. The summed E-state index contributed by atoms with van der Waals surface area (Å²) in [7, 11) is 1.45. The fraction of sp³-hybridized carbons (Fsp3) is 0.146. The number of fused-ring (bicyclic) bond motifs is 1. The maximum absolute atomic E-state index is 14.0. The van der Waals surface area contributed by atoms with Crippen LogP contribution >= 0.6 is 0 Å². The number of carboxylic acids is 1. The highest BCUT2D eigenvalue weighted by atomic mass is 16.5. The van der Waals surface area contributed by atoms with E-state index in [0.717, 1.165) is 33.2 Å². The molecular weight excluding hydrogens is 658 g/mol. The Morgan fingerprint density at radius 3 is 1.87 bits per heavy atom. The monoisotopic (exact) mass is 695 g/mol. The summed E-state index contributed by atoms with van der Waals surface area (Å²) < 4.78 is 5.08. The summed E-state index contributed by atoms with van der Waals surface area (Å²) >= 11 is 0. The van der Waals surface area contributed by atoms with E-state index in [4.69, 9.17) is 4.74 Å². The fourth-order valence-corrected chi connectivity index (χ4v) is 6.31. The minimum Gasteiger partial charge on any atom is -0.481 e. The molecule has 0 unspecified atom stereocenters. The minimum absolute atomic E-state index is 0.0306. The number of hydrogen-bond donors (Lipinski definition) is 5. The van der Waals surface area contributed by atoms with Crippen LogP contribution in [0.3, 0.4) is 0 Å². The second kappa shape index (κ2) is 15.9. The molecule has 3 amide bonds. The molecule has 11 nitrogen and oxygen atoms in total. The molecule has 0 aliphatic heterocycles. The summed E-state index contributed by atoms with van der Waals surface area (Å²) in [4.78, 5) is 61.2. The van der Waals surface area contributed by atoms with E-state index >= 15 is 0 Å². The van der Waals surface area contributed by atoms with Crippen molar-refractivity contribution in [1.29, 1.82) is 0 Å². The lowest BCUT2D eigenvalue weighted by molar-refractivity contribution is -0.144. The molecule has 0 aliphatic carbocycles. The Hall–Kier alpha value is -6.75. The number of carboxylic acid groups (broad SMARTS) is 1. The van der Waals surface area contributed by atoms with Gasteiger partial charge in [-0.25, -0.2) is 9.78 Å². The maximum atomic E-state index is 14.0. The van der Waals surface area contributed by atoms with Crippen molar-refractivity contribution >= 4 is 34.6 Å². The third-order valence-corrected chi connectivity index (χ3v) is 8.88. The number of aliphatic carboxylic acids is 1. The van der Waals surface area contributed by atoms with Gasteiger partial charge in [0.05, 0.1) is 19.1 Å². The molecule has 0 fully saturated rings. The van der Waals surface area contributed by atoms with Gasteiger partial charge in [0, 0.05) is 35.8 Å². The molecule has 262 valence electrons. The van der Waals surface area contributed by atoms with Crippen LogP contribution in [-0.4, -0.2) is 58.0 Å². The second-order valence-corrected chi connectivity index (χ2v) is 12.2. The molecule has 6 rings (SSSR count). The lowest BCUT2D eigenvalue weighted by Gasteiger charge is -2.37. The quantitative estimate of drug-likeness (QED) is 0.100. The normalized spacial score (nSPS) is 12.3. The number of nitrogens with one attached hydrogen (secondary N) is 4. The van der Waals surface area contributed by atoms with Gasteiger partial charge in [-0.05, 0) is 34.4 Å². The number of carbonyl (C=O) groups is 4. The van der Waals surface area contributed by atoms with Gasteiger partial charge in [-0.3, -0.25) is 14.4 Å². The third kappa shape index (κ3) is 7.68. The number of ether oxygens (including phenoxy) is 1. The van der Waals surface area contributed by atoms with Crippen molar-refractivity contribution in [3.63, 3.8) is 0 Å². The largest absolute Gasteiger partial charge is 0.481 e. The predicted octanol–water partition coefficient (Wildman–Crippen LogP) is 4.98. The zero-order valence-corrected chi connectivity index (χ0v) is 28.3. The first-order valence-corrected chi connectivity index (χ1v) is 16.6. The van der Waals surface area contributed by atoms with Crippen molar-refractivity contribution in [2.45, 2.75) is 30.5 Å². The molecule has 11 heteroatoms. The molecule has 0 saturated heterocycles. The molecule has 0 bridgehead atoms. The number of para-hydroxylation sites is 1. The van der Waals surface area contributed by atoms with Crippen molar-refractivity contribution in [1.82, 2.24) is 25.9 Å². The molecule has 0 aliphatic rings. The summed E-state index contributed by atoms with van der Waals surface area (Å²) in [5.41, 5.74) is 2.81. The van der Waals surface area contributed by atoms with E-state index in [2.05, 4.69) is 25.9 Å². The lowest BCUT2D eigenvalue weighted by Crippen LogP contribution is -2.54. The zero-order valence-electron chi connectivity index (χ0n) is 28.3. The van der Waals surface area contributed by atoms with Crippen molar-refractivity contribution in [3.8, 4) is 5.88 Å². The van der Waals surface area contributed by atoms with Gasteiger partial charge in [-0.2, -0.15) is 0 Å². The Bertz CT molecular complexity index is 2060. The maximum Gasteiger partial charge on any atom is 0.326 e. The number of hydrogen-bond acceptors (Lipinski definition) is 6. The van der Waals surface area contributed by atoms with Gasteiger partial charge in [0.1, 0.15) is 17.6 Å². The van der Waals surface area contributed by atoms with Crippen molar-refractivity contribution in [2.24, 2.45) is 0 Å². The number of pyridine rings is 1. The van der Waals surface area contributed by atoms with Crippen molar-refractivity contribution in [3.05, 3.63) is 168 Å². The highest BCUT2D eigenvalue weighted by molar-refractivity contribution is 5.99. The van der Waals surface area contributed by atoms with Gasteiger partial charge in [-0.15, -0.1) is 0 Å². The summed E-state index contributed by atoms with van der Waals surface area (Å²) in [6.45, 7) is 0. The third-order valence-electron chi connectivity index (χ3n) is 8.88. The first-order chi connectivity index (χ1) is 25.3. The van der Waals surface area contributed by atoms with E-state index in [0.29, 0.717) is 5.88 Å². The first kappa shape index (κ1) is 35.1. The van der Waals surface area contributed by atoms with E-state index in [1.54, 1.807) is 6.20 Å². The SMILES string of the molecule is COc1ccc(C(=O)N[C@@H](Cc2c[nH]c3ccccc23)C(=O)N[C@@H](CC(=O)NC(c2ccccc2)(c2ccccc2)c2ccccc2)C(=O)O)cn1. The molecule has 4 aromatic carbocycles. The topological polar surface area (TPSA) is 163 Å². The Morgan fingerprint density at radius 2 is 1.33 bits per heavy atom. The number of nitrogens with zero attached hydrogens (tertiary/aromatic N) is 1. The van der Waals surface area contributed by atoms with E-state index in [1.807, 2.05) is 115 Å². The van der Waals surface area contributed by atoms with Crippen molar-refractivity contribution in [2.75, 3.05) is 7.11 Å². The van der Waals surface area contributed by atoms with Gasteiger partial charge in [0.2, 0.25) is 17.7 Å². The van der Waals surface area contributed by atoms with Crippen LogP contribution in [0.1, 0.15) is 39.0 Å². The molecule has 0 spiro atoms. The molecule has 5 N–H and O–H groups in total. The average Bonchev–Trinajstić information content (AvgIpc) is 3.60. The number of rotatable bonds is 14. The number of H-pyrrole nitrogens is 1. The Balaban J connectivity index is 1.28. The van der Waals surface area contributed by atoms with Crippen LogP contribution in [0.4, 0.5) is 0 Å². The predicted molar refractivity (Wildman–Crippen MR) is 196 cm³/mol. The zero-order chi connectivity index (χ0) is 36.5. The number of aromatic amines is 1. The van der Waals surface area contributed by atoms with E-state index in [9.17, 15) is 24.3 Å². The van der Waals surface area contributed by atoms with Crippen LogP contribution in [0.5, 0.6) is 5.88 Å². The van der Waals surface area contributed by atoms with Crippen LogP contribution in [0.15, 0.2) is 140 Å². The fourth-order valence-electron chi connectivity index (χ4n) is 6.31. The van der Waals surface area contributed by atoms with Crippen molar-refractivity contribution < 1.29 is 29.0 Å². The number of methoxy groups -OCH3 is 1. The molecular formula is C41H37N5O6. The van der Waals surface area contributed by atoms with Gasteiger partial charge < -0.3 is 30.8 Å². The second-order valence-electron chi connectivity index (χ2n) is 12.2. The molecule has 2 aromatic heterocycles. The summed E-state index contributed by atoms with van der Waals surface area (Å²) in [5, 5.41) is 19.5. The van der Waals surface area contributed by atoms with E-state index < -0.39 is 47.7 Å². The summed E-state index contributed by atoms with van der Waals surface area (Å²) in [5.74, 6) is -3.10. The lowest BCUT2D eigenvalue weighted by atomic mass is 9.77. The first-order valence-electron chi connectivity index (χ1n) is 16.6. The van der Waals surface area contributed by atoms with Gasteiger partial charge in [0.15, 0.2) is 0 Å². The standard InChI is InChI=1S/C41H37N5O6/c1-52-37-22-21-27(25-43-37)38(48)44-34(23-28-26-42-33-20-12-11-19-32(28)33)39(49)45-35(40(50)51)24-36(47)46-41(29-13-5-2-6-14-29,30-15-7-3-8-16-30)31-17-9-4-10-18-31/h2-22,25-26,34-35,42H,23-24H2,1H3,(H,44,48)(H,45,49)(H,46,47)(H,50,51)/t34-,35-/m0/s1. The molecule has 6 aromatic rings. The smallest absolute Gasteiger partial charge is 0.326 e. The number of carbonyl (C=O) groups excluding carboxylic acids is 3.